The summed E-state index contributed by atoms with van der Waals surface area (Å²) in [6, 6.07) is 0. The van der Waals surface area contributed by atoms with Crippen LogP contribution in [0.3, 0.4) is 0 Å². The van der Waals surface area contributed by atoms with Gasteiger partial charge < -0.3 is 15.8 Å². The van der Waals surface area contributed by atoms with Crippen LogP contribution < -0.4 is 15.8 Å². The van der Waals surface area contributed by atoms with E-state index in [-0.39, 0.29) is 28.9 Å². The van der Waals surface area contributed by atoms with Gasteiger partial charge in [0.05, 0.1) is 12.6 Å². The maximum absolute atomic E-state index is 12.5. The number of ether oxygens (including phenoxy) is 1. The van der Waals surface area contributed by atoms with E-state index in [9.17, 15) is 4.79 Å². The number of nitrogens with one attached hydrogen (secondary N) is 1. The van der Waals surface area contributed by atoms with E-state index in [2.05, 4.69) is 27.2 Å². The summed E-state index contributed by atoms with van der Waals surface area (Å²) in [4.78, 5) is 25.2. The molecular formula is C17H21N5O2S. The molecule has 1 aromatic rings. The molecule has 0 bridgehead atoms. The van der Waals surface area contributed by atoms with Crippen molar-refractivity contribution in [2.45, 2.75) is 25.3 Å². The van der Waals surface area contributed by atoms with Gasteiger partial charge in [-0.1, -0.05) is 23.9 Å². The molecule has 1 aliphatic carbocycles. The Morgan fingerprint density at radius 2 is 2.24 bits per heavy atom. The molecule has 2 heterocycles. The maximum Gasteiger partial charge on any atom is 0.279 e. The molecule has 3 N–H and O–H groups in total. The van der Waals surface area contributed by atoms with Crippen LogP contribution in [-0.2, 0) is 0 Å². The first kappa shape index (κ1) is 17.5. The van der Waals surface area contributed by atoms with Gasteiger partial charge in [-0.05, 0) is 25.8 Å². The monoisotopic (exact) mass is 359 g/mol. The Labute approximate surface area is 150 Å². The van der Waals surface area contributed by atoms with Crippen LogP contribution in [0.25, 0.3) is 0 Å². The summed E-state index contributed by atoms with van der Waals surface area (Å²) in [5.41, 5.74) is 6.55. The molecule has 0 saturated heterocycles. The van der Waals surface area contributed by atoms with E-state index in [1.807, 2.05) is 18.2 Å². The van der Waals surface area contributed by atoms with Crippen LogP contribution in [0.5, 0.6) is 5.88 Å². The van der Waals surface area contributed by atoms with Gasteiger partial charge in [-0.15, -0.1) is 0 Å². The molecule has 25 heavy (non-hydrogen) atoms. The van der Waals surface area contributed by atoms with Gasteiger partial charge in [-0.3, -0.25) is 9.79 Å². The number of methoxy groups -OCH3 is 1. The fourth-order valence-corrected chi connectivity index (χ4v) is 3.99. The number of thioether (sulfide) groups is 1. The molecular weight excluding hydrogens is 338 g/mol. The molecule has 8 heteroatoms. The number of carbonyl (C=O) groups is 1. The van der Waals surface area contributed by atoms with E-state index >= 15 is 0 Å². The van der Waals surface area contributed by atoms with E-state index in [0.29, 0.717) is 5.17 Å². The van der Waals surface area contributed by atoms with Gasteiger partial charge >= 0.3 is 0 Å². The highest BCUT2D eigenvalue weighted by Crippen LogP contribution is 2.37. The lowest BCUT2D eigenvalue weighted by molar-refractivity contribution is 0.0957. The predicted octanol–water partition coefficient (Wildman–Crippen LogP) is 1.89. The van der Waals surface area contributed by atoms with Gasteiger partial charge in [0, 0.05) is 29.8 Å². The predicted molar refractivity (Wildman–Crippen MR) is 98.5 cm³/mol. The van der Waals surface area contributed by atoms with Gasteiger partial charge in [-0.25, -0.2) is 9.97 Å². The molecule has 1 amide bonds. The standard InChI is InChI=1S/C17H21N5O2S/c1-17(6-9-25-16(18)22-17)11-4-3-5-12(10-11)21-14(23)13-15(24-2)20-8-7-19-13/h3,5,7-8,10-11H,4,6,9H2,1-2H3,(H2,18,22)(H,21,23)/t11?,17-/m0/s1. The van der Waals surface area contributed by atoms with Crippen LogP contribution in [0.15, 0.2) is 41.3 Å². The van der Waals surface area contributed by atoms with Crippen molar-refractivity contribution in [3.63, 3.8) is 0 Å². The fourth-order valence-electron chi connectivity index (χ4n) is 2.99. The summed E-state index contributed by atoms with van der Waals surface area (Å²) in [6.45, 7) is 2.12. The summed E-state index contributed by atoms with van der Waals surface area (Å²) in [7, 11) is 1.46. The van der Waals surface area contributed by atoms with Gasteiger partial charge in [0.1, 0.15) is 0 Å². The van der Waals surface area contributed by atoms with Crippen LogP contribution in [0.2, 0.25) is 0 Å². The number of hydrogen-bond acceptors (Lipinski definition) is 7. The van der Waals surface area contributed by atoms with E-state index in [1.165, 1.54) is 19.5 Å². The van der Waals surface area contributed by atoms with Gasteiger partial charge in [-0.2, -0.15) is 0 Å². The van der Waals surface area contributed by atoms with Gasteiger partial charge in [0.2, 0.25) is 5.88 Å². The number of aromatic nitrogens is 2. The summed E-state index contributed by atoms with van der Waals surface area (Å²) in [5.74, 6) is 0.980. The molecule has 7 nitrogen and oxygen atoms in total. The number of amides is 1. The number of allylic oxidation sites excluding steroid dienone is 2. The molecule has 2 atom stereocenters. The normalized spacial score (nSPS) is 25.8. The zero-order valence-electron chi connectivity index (χ0n) is 14.2. The van der Waals surface area contributed by atoms with E-state index in [1.54, 1.807) is 11.8 Å². The minimum absolute atomic E-state index is 0.156. The summed E-state index contributed by atoms with van der Waals surface area (Å²) >= 11 is 1.59. The molecule has 0 radical (unpaired) electrons. The number of nitrogens with zero attached hydrogens (tertiary/aromatic N) is 3. The average Bonchev–Trinajstić information content (AvgIpc) is 2.61. The maximum atomic E-state index is 12.5. The lowest BCUT2D eigenvalue weighted by Gasteiger charge is -2.36. The first-order valence-electron chi connectivity index (χ1n) is 8.04. The lowest BCUT2D eigenvalue weighted by atomic mass is 9.79. The zero-order chi connectivity index (χ0) is 17.9. The largest absolute Gasteiger partial charge is 0.479 e. The molecule has 1 unspecified atom stereocenters. The molecule has 0 fully saturated rings. The van der Waals surface area contributed by atoms with Crippen LogP contribution >= 0.6 is 11.8 Å². The Morgan fingerprint density at radius 1 is 1.44 bits per heavy atom. The van der Waals surface area contributed by atoms with Crippen molar-refractivity contribution in [2.75, 3.05) is 12.9 Å². The third-order valence-corrected chi connectivity index (χ3v) is 5.22. The highest BCUT2D eigenvalue weighted by molar-refractivity contribution is 8.13. The minimum Gasteiger partial charge on any atom is -0.479 e. The zero-order valence-corrected chi connectivity index (χ0v) is 15.0. The number of rotatable bonds is 4. The fraction of sp³-hybridized carbons (Fsp3) is 0.412. The third kappa shape index (κ3) is 3.84. The Morgan fingerprint density at radius 3 is 3.00 bits per heavy atom. The highest BCUT2D eigenvalue weighted by Gasteiger charge is 2.35. The Bertz CT molecular complexity index is 761. The van der Waals surface area contributed by atoms with Crippen LogP contribution in [-0.4, -0.2) is 39.4 Å². The molecule has 1 aromatic heterocycles. The Hall–Kier alpha value is -2.35. The quantitative estimate of drug-likeness (QED) is 0.851. The smallest absolute Gasteiger partial charge is 0.279 e. The molecule has 2 aliphatic rings. The van der Waals surface area contributed by atoms with Crippen molar-refractivity contribution in [2.24, 2.45) is 16.6 Å². The molecule has 0 saturated carbocycles. The SMILES string of the molecule is COc1nccnc1C(=O)NC1=CC([C@]2(C)CCSC(N)=N2)CC=C1. The van der Waals surface area contributed by atoms with E-state index < -0.39 is 0 Å². The second-order valence-electron chi connectivity index (χ2n) is 6.14. The Kier molecular flexibility index (Phi) is 5.08. The topological polar surface area (TPSA) is 102 Å². The van der Waals surface area contributed by atoms with Gasteiger partial charge in [0.25, 0.3) is 5.91 Å². The highest BCUT2D eigenvalue weighted by atomic mass is 32.2. The molecule has 0 spiro atoms. The lowest BCUT2D eigenvalue weighted by Crippen LogP contribution is -2.38. The van der Waals surface area contributed by atoms with E-state index in [0.717, 1.165) is 24.3 Å². The van der Waals surface area contributed by atoms with Crippen molar-refractivity contribution in [3.05, 3.63) is 42.0 Å². The molecule has 132 valence electrons. The first-order chi connectivity index (χ1) is 12.0. The van der Waals surface area contributed by atoms with Crippen molar-refractivity contribution in [1.29, 1.82) is 0 Å². The first-order valence-corrected chi connectivity index (χ1v) is 9.03. The van der Waals surface area contributed by atoms with Crippen molar-refractivity contribution < 1.29 is 9.53 Å². The van der Waals surface area contributed by atoms with Crippen LogP contribution in [0, 0.1) is 5.92 Å². The van der Waals surface area contributed by atoms with Crippen molar-refractivity contribution in [1.82, 2.24) is 15.3 Å². The number of carbonyl (C=O) groups excluding carboxylic acids is 1. The second-order valence-corrected chi connectivity index (χ2v) is 7.26. The molecule has 1 aliphatic heterocycles. The molecule has 3 rings (SSSR count). The van der Waals surface area contributed by atoms with Gasteiger partial charge in [0.15, 0.2) is 10.9 Å². The number of aliphatic imine (C=N–C) groups is 1. The van der Waals surface area contributed by atoms with Crippen LogP contribution in [0.4, 0.5) is 0 Å². The number of nitrogens with two attached hydrogens (primary N) is 1. The third-order valence-electron chi connectivity index (χ3n) is 4.42. The van der Waals surface area contributed by atoms with Crippen molar-refractivity contribution >= 4 is 22.8 Å². The summed E-state index contributed by atoms with van der Waals surface area (Å²) in [6.07, 6.45) is 10.8. The van der Waals surface area contributed by atoms with E-state index in [4.69, 9.17) is 10.5 Å². The van der Waals surface area contributed by atoms with Crippen LogP contribution in [0.1, 0.15) is 30.3 Å². The Balaban J connectivity index is 1.78. The minimum atomic E-state index is -0.353. The summed E-state index contributed by atoms with van der Waals surface area (Å²) < 4.78 is 5.09. The number of hydrogen-bond donors (Lipinski definition) is 2. The second kappa shape index (κ2) is 7.26. The number of amidine groups is 1. The van der Waals surface area contributed by atoms with Crippen molar-refractivity contribution in [3.8, 4) is 5.88 Å². The average molecular weight is 359 g/mol. The summed E-state index contributed by atoms with van der Waals surface area (Å²) in [5, 5.41) is 3.51. The molecule has 0 aromatic carbocycles.